The van der Waals surface area contributed by atoms with Gasteiger partial charge < -0.3 is 15.2 Å². The lowest BCUT2D eigenvalue weighted by Crippen LogP contribution is -2.34. The lowest BCUT2D eigenvalue weighted by Gasteiger charge is -2.23. The van der Waals surface area contributed by atoms with Gasteiger partial charge in [0.25, 0.3) is 0 Å². The van der Waals surface area contributed by atoms with Gasteiger partial charge in [0.1, 0.15) is 6.04 Å². The summed E-state index contributed by atoms with van der Waals surface area (Å²) in [6, 6.07) is -0.207. The van der Waals surface area contributed by atoms with E-state index in [2.05, 4.69) is 20.8 Å². The molecule has 1 aromatic rings. The molecule has 6 nitrogen and oxygen atoms in total. The molecule has 4 rings (SSSR count). The summed E-state index contributed by atoms with van der Waals surface area (Å²) in [5.74, 6) is 2.13. The number of nitrogens with one attached hydrogen (secondary N) is 2. The summed E-state index contributed by atoms with van der Waals surface area (Å²) < 4.78 is 5.43. The number of amides is 1. The Kier molecular flexibility index (Phi) is 4.33. The molecule has 1 spiro atoms. The van der Waals surface area contributed by atoms with Crippen LogP contribution in [0.2, 0.25) is 0 Å². The van der Waals surface area contributed by atoms with Crippen LogP contribution in [-0.2, 0) is 4.79 Å². The zero-order chi connectivity index (χ0) is 16.6. The molecule has 3 aliphatic rings. The highest BCUT2D eigenvalue weighted by Crippen LogP contribution is 2.58. The minimum atomic E-state index is -0.207. The van der Waals surface area contributed by atoms with E-state index in [0.717, 1.165) is 51.0 Å². The number of hydrogen-bond acceptors (Lipinski definition) is 5. The van der Waals surface area contributed by atoms with E-state index in [4.69, 9.17) is 4.52 Å². The molecule has 1 amide bonds. The van der Waals surface area contributed by atoms with Crippen LogP contribution in [0, 0.1) is 11.3 Å². The van der Waals surface area contributed by atoms with Crippen molar-refractivity contribution >= 4 is 5.91 Å². The molecule has 0 aromatic carbocycles. The Hall–Kier alpha value is -1.43. The number of carbonyl (C=O) groups excluding carboxylic acids is 1. The van der Waals surface area contributed by atoms with Crippen molar-refractivity contribution in [3.05, 3.63) is 11.7 Å². The average molecular weight is 332 g/mol. The van der Waals surface area contributed by atoms with Gasteiger partial charge in [-0.05, 0) is 57.5 Å². The fraction of sp³-hybridized carbons (Fsp3) is 0.833. The Labute approximate surface area is 143 Å². The lowest BCUT2D eigenvalue weighted by atomic mass is 9.89. The highest BCUT2D eigenvalue weighted by Gasteiger charge is 2.57. The summed E-state index contributed by atoms with van der Waals surface area (Å²) in [5, 5.41) is 10.6. The molecule has 2 heterocycles. The molecule has 2 atom stereocenters. The number of rotatable bonds is 4. The Bertz CT molecular complexity index is 588. The maximum absolute atomic E-state index is 12.5. The standard InChI is InChI=1S/C18H28N4O2/c1-12(17-21-15(22-24-17)13-5-3-2-4-6-13)20-16(23)14-11-18(14)7-9-19-10-8-18/h12-14,19H,2-11H2,1H3,(H,20,23). The first kappa shape index (κ1) is 16.1. The first-order chi connectivity index (χ1) is 11.7. The van der Waals surface area contributed by atoms with Crippen LogP contribution in [0.25, 0.3) is 0 Å². The molecule has 1 aromatic heterocycles. The largest absolute Gasteiger partial charge is 0.344 e. The lowest BCUT2D eigenvalue weighted by molar-refractivity contribution is -0.124. The van der Waals surface area contributed by atoms with Crippen LogP contribution in [-0.4, -0.2) is 29.1 Å². The Balaban J connectivity index is 1.34. The quantitative estimate of drug-likeness (QED) is 0.886. The van der Waals surface area contributed by atoms with Crippen molar-refractivity contribution in [2.75, 3.05) is 13.1 Å². The molecule has 3 fully saturated rings. The average Bonchev–Trinajstić information content (AvgIpc) is 3.08. The number of piperidine rings is 1. The first-order valence-corrected chi connectivity index (χ1v) is 9.52. The summed E-state index contributed by atoms with van der Waals surface area (Å²) in [6.45, 7) is 4.01. The predicted octanol–water partition coefficient (Wildman–Crippen LogP) is 2.68. The maximum atomic E-state index is 12.5. The molecule has 2 N–H and O–H groups in total. The second-order valence-electron chi connectivity index (χ2n) is 7.93. The third kappa shape index (κ3) is 3.08. The van der Waals surface area contributed by atoms with Gasteiger partial charge in [0.2, 0.25) is 11.8 Å². The van der Waals surface area contributed by atoms with Crippen molar-refractivity contribution in [1.82, 2.24) is 20.8 Å². The third-order valence-corrected chi connectivity index (χ3v) is 6.26. The number of hydrogen-bond donors (Lipinski definition) is 2. The van der Waals surface area contributed by atoms with E-state index in [0.29, 0.717) is 11.8 Å². The van der Waals surface area contributed by atoms with Gasteiger partial charge in [-0.1, -0.05) is 24.4 Å². The van der Waals surface area contributed by atoms with Gasteiger partial charge in [-0.25, -0.2) is 0 Å². The minimum absolute atomic E-state index is 0.154. The summed E-state index contributed by atoms with van der Waals surface area (Å²) in [4.78, 5) is 17.1. The molecule has 2 saturated carbocycles. The van der Waals surface area contributed by atoms with Crippen molar-refractivity contribution in [3.63, 3.8) is 0 Å². The molecule has 24 heavy (non-hydrogen) atoms. The molecule has 2 aliphatic carbocycles. The van der Waals surface area contributed by atoms with Gasteiger partial charge in [0.05, 0.1) is 0 Å². The van der Waals surface area contributed by atoms with Gasteiger partial charge in [-0.15, -0.1) is 0 Å². The molecule has 1 aliphatic heterocycles. The van der Waals surface area contributed by atoms with Crippen LogP contribution >= 0.6 is 0 Å². The summed E-state index contributed by atoms with van der Waals surface area (Å²) in [6.07, 6.45) is 9.38. The second kappa shape index (κ2) is 6.47. The van der Waals surface area contributed by atoms with Crippen LogP contribution in [0.4, 0.5) is 0 Å². The minimum Gasteiger partial charge on any atom is -0.344 e. The molecule has 2 unspecified atom stereocenters. The fourth-order valence-electron chi connectivity index (χ4n) is 4.52. The maximum Gasteiger partial charge on any atom is 0.248 e. The van der Waals surface area contributed by atoms with E-state index in [-0.39, 0.29) is 23.3 Å². The molecule has 0 radical (unpaired) electrons. The molecular formula is C18H28N4O2. The van der Waals surface area contributed by atoms with Gasteiger partial charge in [0, 0.05) is 11.8 Å². The van der Waals surface area contributed by atoms with E-state index < -0.39 is 0 Å². The molecule has 6 heteroatoms. The SMILES string of the molecule is CC(NC(=O)C1CC12CCNCC2)c1nc(C2CCCCC2)no1. The molecule has 132 valence electrons. The zero-order valence-corrected chi connectivity index (χ0v) is 14.5. The van der Waals surface area contributed by atoms with Crippen molar-refractivity contribution in [2.45, 2.75) is 70.3 Å². The predicted molar refractivity (Wildman–Crippen MR) is 89.3 cm³/mol. The Morgan fingerprint density at radius 2 is 2.04 bits per heavy atom. The van der Waals surface area contributed by atoms with Crippen LogP contribution in [0.1, 0.15) is 82.0 Å². The van der Waals surface area contributed by atoms with Gasteiger partial charge in [0.15, 0.2) is 5.82 Å². The smallest absolute Gasteiger partial charge is 0.248 e. The van der Waals surface area contributed by atoms with Crippen molar-refractivity contribution in [3.8, 4) is 0 Å². The Morgan fingerprint density at radius 1 is 1.29 bits per heavy atom. The summed E-state index contributed by atoms with van der Waals surface area (Å²) >= 11 is 0. The Morgan fingerprint density at radius 3 is 2.79 bits per heavy atom. The van der Waals surface area contributed by atoms with Crippen molar-refractivity contribution < 1.29 is 9.32 Å². The topological polar surface area (TPSA) is 80.0 Å². The molecule has 1 saturated heterocycles. The fourth-order valence-corrected chi connectivity index (χ4v) is 4.52. The zero-order valence-electron chi connectivity index (χ0n) is 14.5. The normalized spacial score (nSPS) is 27.8. The number of carbonyl (C=O) groups is 1. The van der Waals surface area contributed by atoms with E-state index in [1.165, 1.54) is 19.3 Å². The monoisotopic (exact) mass is 332 g/mol. The summed E-state index contributed by atoms with van der Waals surface area (Å²) in [5.41, 5.74) is 0.261. The third-order valence-electron chi connectivity index (χ3n) is 6.26. The van der Waals surface area contributed by atoms with Gasteiger partial charge >= 0.3 is 0 Å². The highest BCUT2D eigenvalue weighted by molar-refractivity contribution is 5.82. The second-order valence-corrected chi connectivity index (χ2v) is 7.93. The highest BCUT2D eigenvalue weighted by atomic mass is 16.5. The number of nitrogens with zero attached hydrogens (tertiary/aromatic N) is 2. The summed E-state index contributed by atoms with van der Waals surface area (Å²) in [7, 11) is 0. The van der Waals surface area contributed by atoms with Crippen LogP contribution in [0.3, 0.4) is 0 Å². The van der Waals surface area contributed by atoms with E-state index in [1.54, 1.807) is 0 Å². The molecule has 0 bridgehead atoms. The van der Waals surface area contributed by atoms with Gasteiger partial charge in [-0.2, -0.15) is 4.98 Å². The van der Waals surface area contributed by atoms with Crippen LogP contribution < -0.4 is 10.6 Å². The van der Waals surface area contributed by atoms with Gasteiger partial charge in [-0.3, -0.25) is 4.79 Å². The van der Waals surface area contributed by atoms with Crippen LogP contribution in [0.15, 0.2) is 4.52 Å². The van der Waals surface area contributed by atoms with E-state index in [1.807, 2.05) is 6.92 Å². The number of aromatic nitrogens is 2. The van der Waals surface area contributed by atoms with Crippen molar-refractivity contribution in [1.29, 1.82) is 0 Å². The van der Waals surface area contributed by atoms with E-state index in [9.17, 15) is 4.79 Å². The van der Waals surface area contributed by atoms with Crippen LogP contribution in [0.5, 0.6) is 0 Å². The molecular weight excluding hydrogens is 304 g/mol. The van der Waals surface area contributed by atoms with Crippen molar-refractivity contribution in [2.24, 2.45) is 11.3 Å². The van der Waals surface area contributed by atoms with E-state index >= 15 is 0 Å². The first-order valence-electron chi connectivity index (χ1n) is 9.52.